The van der Waals surface area contributed by atoms with Crippen molar-refractivity contribution in [3.05, 3.63) is 50.4 Å². The van der Waals surface area contributed by atoms with Crippen LogP contribution in [0.1, 0.15) is 10.5 Å². The van der Waals surface area contributed by atoms with Gasteiger partial charge in [-0.1, -0.05) is 0 Å². The highest BCUT2D eigenvalue weighted by Gasteiger charge is 2.19. The van der Waals surface area contributed by atoms with Crippen molar-refractivity contribution in [3.8, 4) is 5.75 Å². The van der Waals surface area contributed by atoms with Crippen LogP contribution in [0, 0.1) is 9.52 Å². The first kappa shape index (κ1) is 17.1. The number of methoxy groups -OCH3 is 1. The van der Waals surface area contributed by atoms with Gasteiger partial charge < -0.3 is 9.64 Å². The fourth-order valence-electron chi connectivity index (χ4n) is 2.17. The first-order chi connectivity index (χ1) is 11.4. The molecule has 0 aliphatic heterocycles. The molecule has 0 fully saturated rings. The van der Waals surface area contributed by atoms with E-state index in [0.717, 1.165) is 3.70 Å². The van der Waals surface area contributed by atoms with Crippen LogP contribution >= 0.6 is 38.5 Å². The summed E-state index contributed by atoms with van der Waals surface area (Å²) in [5.41, 5.74) is 1.36. The summed E-state index contributed by atoms with van der Waals surface area (Å²) in [5.74, 6) is -0.756. The second kappa shape index (κ2) is 6.63. The number of fused-ring (bicyclic) bond motifs is 1. The second-order valence-electron chi connectivity index (χ2n) is 4.87. The molecule has 0 atom stereocenters. The average Bonchev–Trinajstić information content (AvgIpc) is 2.96. The Labute approximate surface area is 158 Å². The molecule has 0 saturated carbocycles. The van der Waals surface area contributed by atoms with Gasteiger partial charge in [-0.15, -0.1) is 0 Å². The molecular formula is C15H11BrFIN4O2. The van der Waals surface area contributed by atoms with E-state index in [4.69, 9.17) is 4.74 Å². The van der Waals surface area contributed by atoms with Crippen LogP contribution in [0.2, 0.25) is 0 Å². The van der Waals surface area contributed by atoms with Gasteiger partial charge in [-0.3, -0.25) is 9.20 Å². The summed E-state index contributed by atoms with van der Waals surface area (Å²) in [4.78, 5) is 22.6. The zero-order valence-corrected chi connectivity index (χ0v) is 16.4. The van der Waals surface area contributed by atoms with Gasteiger partial charge in [0.1, 0.15) is 14.0 Å². The van der Waals surface area contributed by atoms with E-state index in [0.29, 0.717) is 15.9 Å². The molecule has 1 aromatic carbocycles. The summed E-state index contributed by atoms with van der Waals surface area (Å²) < 4.78 is 21.6. The van der Waals surface area contributed by atoms with Gasteiger partial charge in [0.05, 0.1) is 13.3 Å². The van der Waals surface area contributed by atoms with E-state index < -0.39 is 5.82 Å². The molecule has 0 unspecified atom stereocenters. The molecule has 3 aromatic rings. The van der Waals surface area contributed by atoms with Crippen molar-refractivity contribution in [2.45, 2.75) is 0 Å². The van der Waals surface area contributed by atoms with Crippen molar-refractivity contribution in [1.29, 1.82) is 0 Å². The van der Waals surface area contributed by atoms with Gasteiger partial charge in [-0.05, 0) is 50.7 Å². The van der Waals surface area contributed by atoms with Crippen molar-refractivity contribution in [2.24, 2.45) is 0 Å². The molecule has 1 amide bonds. The fourth-order valence-corrected chi connectivity index (χ4v) is 3.16. The van der Waals surface area contributed by atoms with Crippen LogP contribution in [0.5, 0.6) is 5.75 Å². The van der Waals surface area contributed by atoms with E-state index >= 15 is 0 Å². The standard InChI is InChI=1S/C15H11BrFIN4O2/c1-21(8-3-4-9(17)11(5-8)24-2)15(23)10-7-22-12(18)6-19-14(22)13(16)20-10/h3-7H,1-2H3. The Morgan fingerprint density at radius 2 is 2.21 bits per heavy atom. The molecule has 24 heavy (non-hydrogen) atoms. The molecule has 0 aliphatic carbocycles. The van der Waals surface area contributed by atoms with E-state index in [1.165, 1.54) is 30.2 Å². The maximum atomic E-state index is 13.5. The molecule has 124 valence electrons. The summed E-state index contributed by atoms with van der Waals surface area (Å²) in [7, 11) is 2.96. The number of hydrogen-bond donors (Lipinski definition) is 0. The highest BCUT2D eigenvalue weighted by molar-refractivity contribution is 14.1. The molecule has 2 aromatic heterocycles. The number of benzene rings is 1. The van der Waals surface area contributed by atoms with Crippen LogP contribution in [-0.2, 0) is 0 Å². The van der Waals surface area contributed by atoms with Gasteiger partial charge >= 0.3 is 0 Å². The van der Waals surface area contributed by atoms with Crippen LogP contribution in [0.15, 0.2) is 35.2 Å². The third-order valence-corrected chi connectivity index (χ3v) is 4.78. The number of carbonyl (C=O) groups is 1. The Morgan fingerprint density at radius 1 is 1.46 bits per heavy atom. The first-order valence-corrected chi connectivity index (χ1v) is 8.60. The largest absolute Gasteiger partial charge is 0.494 e. The van der Waals surface area contributed by atoms with Gasteiger partial charge in [0, 0.05) is 25.0 Å². The minimum absolute atomic E-state index is 0.0703. The number of rotatable bonds is 3. The van der Waals surface area contributed by atoms with Crippen LogP contribution < -0.4 is 9.64 Å². The highest BCUT2D eigenvalue weighted by atomic mass is 127. The van der Waals surface area contributed by atoms with Crippen molar-refractivity contribution in [1.82, 2.24) is 14.4 Å². The van der Waals surface area contributed by atoms with E-state index in [2.05, 4.69) is 48.5 Å². The zero-order chi connectivity index (χ0) is 17.4. The second-order valence-corrected chi connectivity index (χ2v) is 6.73. The third-order valence-electron chi connectivity index (χ3n) is 3.45. The molecule has 0 spiro atoms. The Morgan fingerprint density at radius 3 is 2.92 bits per heavy atom. The monoisotopic (exact) mass is 504 g/mol. The van der Waals surface area contributed by atoms with Crippen molar-refractivity contribution < 1.29 is 13.9 Å². The van der Waals surface area contributed by atoms with E-state index in [1.807, 2.05) is 0 Å². The van der Waals surface area contributed by atoms with Crippen molar-refractivity contribution in [2.75, 3.05) is 19.1 Å². The number of anilines is 1. The molecule has 0 saturated heterocycles. The highest BCUT2D eigenvalue weighted by Crippen LogP contribution is 2.25. The number of hydrogen-bond acceptors (Lipinski definition) is 4. The van der Waals surface area contributed by atoms with E-state index in [1.54, 1.807) is 23.8 Å². The molecule has 0 aliphatic rings. The van der Waals surface area contributed by atoms with Crippen LogP contribution in [-0.4, -0.2) is 34.4 Å². The molecule has 2 heterocycles. The van der Waals surface area contributed by atoms with Crippen molar-refractivity contribution in [3.63, 3.8) is 0 Å². The predicted octanol–water partition coefficient (Wildman–Crippen LogP) is 3.52. The van der Waals surface area contributed by atoms with Gasteiger partial charge in [0.25, 0.3) is 5.91 Å². The maximum absolute atomic E-state index is 13.5. The zero-order valence-electron chi connectivity index (χ0n) is 12.6. The number of halogens is 3. The summed E-state index contributed by atoms with van der Waals surface area (Å²) in [5, 5.41) is 0. The summed E-state index contributed by atoms with van der Waals surface area (Å²) in [6, 6.07) is 4.22. The quantitative estimate of drug-likeness (QED) is 0.512. The third kappa shape index (κ3) is 2.97. The molecule has 0 radical (unpaired) electrons. The normalized spacial score (nSPS) is 10.9. The van der Waals surface area contributed by atoms with Gasteiger partial charge in [-0.25, -0.2) is 14.4 Å². The molecule has 9 heteroatoms. The number of amides is 1. The van der Waals surface area contributed by atoms with Gasteiger partial charge in [-0.2, -0.15) is 0 Å². The molecule has 6 nitrogen and oxygen atoms in total. The lowest BCUT2D eigenvalue weighted by Gasteiger charge is -2.18. The minimum Gasteiger partial charge on any atom is -0.494 e. The smallest absolute Gasteiger partial charge is 0.278 e. The molecule has 0 N–H and O–H groups in total. The molecule has 0 bridgehead atoms. The number of aromatic nitrogens is 3. The maximum Gasteiger partial charge on any atom is 0.278 e. The van der Waals surface area contributed by atoms with E-state index in [9.17, 15) is 9.18 Å². The van der Waals surface area contributed by atoms with Gasteiger partial charge in [0.15, 0.2) is 17.2 Å². The van der Waals surface area contributed by atoms with E-state index in [-0.39, 0.29) is 17.4 Å². The first-order valence-electron chi connectivity index (χ1n) is 6.73. The number of carbonyl (C=O) groups excluding carboxylic acids is 1. The predicted molar refractivity (Wildman–Crippen MR) is 99.1 cm³/mol. The number of ether oxygens (including phenoxy) is 1. The van der Waals surface area contributed by atoms with Crippen LogP contribution in [0.3, 0.4) is 0 Å². The SMILES string of the molecule is COc1cc(N(C)C(=O)c2cn3c(I)cnc3c(Br)n2)ccc1F. The lowest BCUT2D eigenvalue weighted by Crippen LogP contribution is -2.27. The molecular weight excluding hydrogens is 494 g/mol. The van der Waals surface area contributed by atoms with Crippen LogP contribution in [0.4, 0.5) is 10.1 Å². The Hall–Kier alpha value is -1.75. The Bertz CT molecular complexity index is 947. The fraction of sp³-hybridized carbons (Fsp3) is 0.133. The Kier molecular flexibility index (Phi) is 4.72. The lowest BCUT2D eigenvalue weighted by atomic mass is 10.2. The summed E-state index contributed by atoms with van der Waals surface area (Å²) in [6.07, 6.45) is 3.31. The molecule has 3 rings (SSSR count). The minimum atomic E-state index is -0.489. The van der Waals surface area contributed by atoms with Gasteiger partial charge in [0.2, 0.25) is 0 Å². The van der Waals surface area contributed by atoms with Crippen molar-refractivity contribution >= 4 is 55.8 Å². The van der Waals surface area contributed by atoms with Crippen LogP contribution in [0.25, 0.3) is 5.65 Å². The summed E-state index contributed by atoms with van der Waals surface area (Å²) in [6.45, 7) is 0. The number of imidazole rings is 1. The lowest BCUT2D eigenvalue weighted by molar-refractivity contribution is 0.0987. The topological polar surface area (TPSA) is 59.7 Å². The average molecular weight is 505 g/mol. The Balaban J connectivity index is 2.00. The number of nitrogens with zero attached hydrogens (tertiary/aromatic N) is 4. The summed E-state index contributed by atoms with van der Waals surface area (Å²) >= 11 is 5.45.